The topological polar surface area (TPSA) is 100 Å². The molecule has 140 valence electrons. The Morgan fingerprint density at radius 1 is 1.35 bits per heavy atom. The number of thiazole rings is 1. The maximum Gasteiger partial charge on any atom is 0.321 e. The van der Waals surface area contributed by atoms with Crippen LogP contribution in [0.4, 0.5) is 9.93 Å². The van der Waals surface area contributed by atoms with E-state index >= 15 is 0 Å². The Balaban J connectivity index is 1.68. The Bertz CT molecular complexity index is 801. The van der Waals surface area contributed by atoms with Crippen LogP contribution in [0, 0.1) is 0 Å². The minimum absolute atomic E-state index is 0.0189. The van der Waals surface area contributed by atoms with Gasteiger partial charge in [0, 0.05) is 23.9 Å². The molecule has 0 saturated heterocycles. The highest BCUT2D eigenvalue weighted by Crippen LogP contribution is 2.29. The van der Waals surface area contributed by atoms with Crippen LogP contribution in [0.3, 0.4) is 0 Å². The van der Waals surface area contributed by atoms with Gasteiger partial charge in [0.15, 0.2) is 5.13 Å². The average molecular weight is 395 g/mol. The summed E-state index contributed by atoms with van der Waals surface area (Å²) < 4.78 is 3.94. The minimum Gasteiger partial charge on any atom is -0.336 e. The van der Waals surface area contributed by atoms with Crippen molar-refractivity contribution in [1.29, 1.82) is 0 Å². The van der Waals surface area contributed by atoms with Crippen LogP contribution in [-0.2, 0) is 19.4 Å². The number of nitrogens with one attached hydrogen (secondary N) is 2. The fourth-order valence-corrected chi connectivity index (χ4v) is 4.43. The number of fused-ring (bicyclic) bond motifs is 1. The quantitative estimate of drug-likeness (QED) is 0.812. The molecular formula is C16H22N6O2S2. The van der Waals surface area contributed by atoms with Crippen LogP contribution in [0.1, 0.15) is 53.1 Å². The van der Waals surface area contributed by atoms with E-state index in [9.17, 15) is 9.59 Å². The van der Waals surface area contributed by atoms with Crippen molar-refractivity contribution >= 4 is 39.9 Å². The first kappa shape index (κ1) is 18.7. The third-order valence-electron chi connectivity index (χ3n) is 3.90. The molecule has 2 N–H and O–H groups in total. The van der Waals surface area contributed by atoms with Crippen molar-refractivity contribution in [2.24, 2.45) is 0 Å². The Labute approximate surface area is 160 Å². The molecule has 3 amide bonds. The normalized spacial score (nSPS) is 13.6. The van der Waals surface area contributed by atoms with E-state index in [-0.39, 0.29) is 18.0 Å². The van der Waals surface area contributed by atoms with E-state index in [0.717, 1.165) is 40.6 Å². The Hall–Kier alpha value is -2.07. The summed E-state index contributed by atoms with van der Waals surface area (Å²) in [5.74, 6) is -0.0189. The van der Waals surface area contributed by atoms with Gasteiger partial charge in [-0.15, -0.1) is 5.10 Å². The lowest BCUT2D eigenvalue weighted by atomic mass is 10.1. The van der Waals surface area contributed by atoms with E-state index in [1.165, 1.54) is 11.3 Å². The molecule has 0 radical (unpaired) electrons. The summed E-state index contributed by atoms with van der Waals surface area (Å²) >= 11 is 2.58. The van der Waals surface area contributed by atoms with E-state index in [1.807, 2.05) is 18.7 Å². The van der Waals surface area contributed by atoms with Crippen LogP contribution in [0.5, 0.6) is 0 Å². The summed E-state index contributed by atoms with van der Waals surface area (Å²) in [7, 11) is 0. The molecule has 0 aromatic carbocycles. The monoisotopic (exact) mass is 394 g/mol. The van der Waals surface area contributed by atoms with Crippen molar-refractivity contribution in [3.05, 3.63) is 21.1 Å². The van der Waals surface area contributed by atoms with Gasteiger partial charge in [0.2, 0.25) is 0 Å². The Morgan fingerprint density at radius 2 is 2.15 bits per heavy atom. The molecular weight excluding hydrogens is 372 g/mol. The Morgan fingerprint density at radius 3 is 2.88 bits per heavy atom. The molecule has 2 aromatic heterocycles. The first-order valence-electron chi connectivity index (χ1n) is 8.64. The van der Waals surface area contributed by atoms with Crippen molar-refractivity contribution in [2.75, 3.05) is 11.9 Å². The summed E-state index contributed by atoms with van der Waals surface area (Å²) in [6.45, 7) is 6.97. The number of anilines is 1. The summed E-state index contributed by atoms with van der Waals surface area (Å²) in [5.41, 5.74) is 1.74. The molecule has 10 heteroatoms. The maximum absolute atomic E-state index is 12.8. The van der Waals surface area contributed by atoms with Crippen molar-refractivity contribution in [1.82, 2.24) is 24.8 Å². The summed E-state index contributed by atoms with van der Waals surface area (Å²) in [5, 5.41) is 10.2. The summed E-state index contributed by atoms with van der Waals surface area (Å²) in [4.78, 5) is 32.6. The molecule has 26 heavy (non-hydrogen) atoms. The van der Waals surface area contributed by atoms with Gasteiger partial charge in [-0.1, -0.05) is 29.2 Å². The number of carbonyl (C=O) groups is 2. The van der Waals surface area contributed by atoms with Gasteiger partial charge < -0.3 is 10.2 Å². The highest BCUT2D eigenvalue weighted by Gasteiger charge is 2.28. The second kappa shape index (κ2) is 8.09. The van der Waals surface area contributed by atoms with E-state index < -0.39 is 0 Å². The van der Waals surface area contributed by atoms with Crippen molar-refractivity contribution in [2.45, 2.75) is 52.6 Å². The number of rotatable bonds is 5. The largest absolute Gasteiger partial charge is 0.336 e. The molecule has 0 bridgehead atoms. The van der Waals surface area contributed by atoms with Gasteiger partial charge in [0.05, 0.1) is 17.9 Å². The SMILES string of the molecule is CCCc1nnsc1C(=O)N1CCc2nc(NC(=O)NC(C)C)sc2C1. The fraction of sp³-hybridized carbons (Fsp3) is 0.562. The van der Waals surface area contributed by atoms with Crippen molar-refractivity contribution < 1.29 is 9.59 Å². The van der Waals surface area contributed by atoms with E-state index in [0.29, 0.717) is 29.5 Å². The second-order valence-corrected chi connectivity index (χ2v) is 8.26. The van der Waals surface area contributed by atoms with Gasteiger partial charge in [-0.3, -0.25) is 10.1 Å². The molecule has 0 atom stereocenters. The van der Waals surface area contributed by atoms with Gasteiger partial charge in [-0.05, 0) is 31.8 Å². The number of amides is 3. The van der Waals surface area contributed by atoms with Crippen molar-refractivity contribution in [3.63, 3.8) is 0 Å². The van der Waals surface area contributed by atoms with Gasteiger partial charge >= 0.3 is 6.03 Å². The van der Waals surface area contributed by atoms with Crippen LogP contribution >= 0.6 is 22.9 Å². The number of urea groups is 1. The lowest BCUT2D eigenvalue weighted by molar-refractivity contribution is 0.0739. The van der Waals surface area contributed by atoms with E-state index in [1.54, 1.807) is 0 Å². The molecule has 0 unspecified atom stereocenters. The number of hydrogen-bond donors (Lipinski definition) is 2. The second-order valence-electron chi connectivity index (χ2n) is 6.42. The summed E-state index contributed by atoms with van der Waals surface area (Å²) in [6.07, 6.45) is 2.37. The molecule has 0 spiro atoms. The molecule has 1 aliphatic heterocycles. The lowest BCUT2D eigenvalue weighted by Crippen LogP contribution is -2.35. The molecule has 1 aliphatic rings. The van der Waals surface area contributed by atoms with Crippen LogP contribution in [-0.4, -0.2) is 44.0 Å². The van der Waals surface area contributed by atoms with Crippen LogP contribution in [0.25, 0.3) is 0 Å². The zero-order valence-electron chi connectivity index (χ0n) is 15.0. The van der Waals surface area contributed by atoms with E-state index in [4.69, 9.17) is 0 Å². The minimum atomic E-state index is -0.265. The third-order valence-corrected chi connectivity index (χ3v) is 5.65. The first-order chi connectivity index (χ1) is 12.5. The molecule has 0 aliphatic carbocycles. The number of aromatic nitrogens is 3. The van der Waals surface area contributed by atoms with Gasteiger partial charge in [0.1, 0.15) is 4.88 Å². The highest BCUT2D eigenvalue weighted by atomic mass is 32.1. The molecule has 3 rings (SSSR count). The molecule has 0 fully saturated rings. The predicted octanol–water partition coefficient (Wildman–Crippen LogP) is 2.68. The molecule has 2 aromatic rings. The number of carbonyl (C=O) groups excluding carboxylic acids is 2. The zero-order valence-corrected chi connectivity index (χ0v) is 16.7. The average Bonchev–Trinajstić information content (AvgIpc) is 3.19. The zero-order chi connectivity index (χ0) is 18.7. The smallest absolute Gasteiger partial charge is 0.321 e. The standard InChI is InChI=1S/C16H22N6O2S2/c1-4-5-11-13(26-21-20-11)14(23)22-7-6-10-12(8-22)25-16(18-10)19-15(24)17-9(2)3/h9H,4-8H2,1-3H3,(H2,17,18,19,24). The third kappa shape index (κ3) is 4.18. The van der Waals surface area contributed by atoms with Crippen molar-refractivity contribution in [3.8, 4) is 0 Å². The van der Waals surface area contributed by atoms with Crippen LogP contribution in [0.2, 0.25) is 0 Å². The molecule has 3 heterocycles. The predicted molar refractivity (Wildman–Crippen MR) is 102 cm³/mol. The van der Waals surface area contributed by atoms with E-state index in [2.05, 4.69) is 32.1 Å². The first-order valence-corrected chi connectivity index (χ1v) is 10.2. The summed E-state index contributed by atoms with van der Waals surface area (Å²) in [6, 6.07) is -0.206. The van der Waals surface area contributed by atoms with Crippen LogP contribution < -0.4 is 10.6 Å². The fourth-order valence-electron chi connectivity index (χ4n) is 2.73. The Kier molecular flexibility index (Phi) is 5.82. The number of nitrogens with zero attached hydrogens (tertiary/aromatic N) is 4. The number of hydrogen-bond acceptors (Lipinski definition) is 7. The van der Waals surface area contributed by atoms with Gasteiger partial charge in [-0.25, -0.2) is 9.78 Å². The van der Waals surface area contributed by atoms with Gasteiger partial charge in [-0.2, -0.15) is 0 Å². The molecule has 8 nitrogen and oxygen atoms in total. The highest BCUT2D eigenvalue weighted by molar-refractivity contribution is 7.15. The van der Waals surface area contributed by atoms with Crippen LogP contribution in [0.15, 0.2) is 0 Å². The molecule has 0 saturated carbocycles. The number of aryl methyl sites for hydroxylation is 1. The van der Waals surface area contributed by atoms with Gasteiger partial charge in [0.25, 0.3) is 5.91 Å². The lowest BCUT2D eigenvalue weighted by Gasteiger charge is -2.25. The maximum atomic E-state index is 12.8.